The number of sulfone groups is 1. The van der Waals surface area contributed by atoms with Gasteiger partial charge in [0.2, 0.25) is 5.91 Å². The van der Waals surface area contributed by atoms with Gasteiger partial charge in [0.15, 0.2) is 9.84 Å². The molecular formula is C18H18Cl2FNO4S. The van der Waals surface area contributed by atoms with Crippen LogP contribution in [-0.2, 0) is 14.6 Å². The highest BCUT2D eigenvalue weighted by Gasteiger charge is 2.24. The number of aliphatic hydroxyl groups is 1. The van der Waals surface area contributed by atoms with Crippen LogP contribution in [0, 0.1) is 11.7 Å². The van der Waals surface area contributed by atoms with Crippen LogP contribution in [0.3, 0.4) is 0 Å². The van der Waals surface area contributed by atoms with Gasteiger partial charge in [-0.05, 0) is 36.4 Å². The third kappa shape index (κ3) is 5.65. The van der Waals surface area contributed by atoms with Gasteiger partial charge in [0.25, 0.3) is 0 Å². The second-order valence-corrected chi connectivity index (χ2v) is 8.88. The summed E-state index contributed by atoms with van der Waals surface area (Å²) in [5.74, 6) is -2.43. The molecule has 2 rings (SSSR count). The Hall–Kier alpha value is -1.67. The van der Waals surface area contributed by atoms with Crippen molar-refractivity contribution in [1.29, 1.82) is 0 Å². The Morgan fingerprint density at radius 2 is 1.70 bits per heavy atom. The third-order valence-electron chi connectivity index (χ3n) is 3.89. The molecular weight excluding hydrogens is 416 g/mol. The van der Waals surface area contributed by atoms with E-state index in [1.54, 1.807) is 18.2 Å². The van der Waals surface area contributed by atoms with E-state index in [0.717, 1.165) is 24.3 Å². The van der Waals surface area contributed by atoms with E-state index in [-0.39, 0.29) is 27.0 Å². The maximum Gasteiger partial charge on any atom is 0.223 e. The molecule has 0 radical (unpaired) electrons. The molecule has 9 heteroatoms. The summed E-state index contributed by atoms with van der Waals surface area (Å²) in [6, 6.07) is 9.14. The summed E-state index contributed by atoms with van der Waals surface area (Å²) >= 11 is 12.0. The van der Waals surface area contributed by atoms with Crippen LogP contribution in [0.15, 0.2) is 47.4 Å². The molecule has 0 aliphatic heterocycles. The Bertz CT molecular complexity index is 899. The standard InChI is InChI=1S/C18H18Cl2FNO4S/c1-11(10-27(25,26)13-7-5-12(21)6-8-13)18(24)22-9-16(23)17-14(19)3-2-4-15(17)20/h2-8,11,16,23H,9-10H2,1H3,(H,22,24)/t11-,16+/m1/s1. The van der Waals surface area contributed by atoms with Gasteiger partial charge in [0.1, 0.15) is 5.82 Å². The smallest absolute Gasteiger partial charge is 0.223 e. The van der Waals surface area contributed by atoms with Crippen molar-refractivity contribution in [1.82, 2.24) is 5.32 Å². The van der Waals surface area contributed by atoms with E-state index in [2.05, 4.69) is 5.32 Å². The van der Waals surface area contributed by atoms with Gasteiger partial charge in [-0.1, -0.05) is 36.2 Å². The van der Waals surface area contributed by atoms with Crippen LogP contribution in [0.4, 0.5) is 4.39 Å². The van der Waals surface area contributed by atoms with Crippen molar-refractivity contribution in [2.45, 2.75) is 17.9 Å². The van der Waals surface area contributed by atoms with Gasteiger partial charge in [-0.25, -0.2) is 12.8 Å². The van der Waals surface area contributed by atoms with Crippen molar-refractivity contribution in [3.05, 3.63) is 63.9 Å². The minimum atomic E-state index is -3.76. The monoisotopic (exact) mass is 433 g/mol. The molecule has 5 nitrogen and oxygen atoms in total. The van der Waals surface area contributed by atoms with E-state index in [9.17, 15) is 22.7 Å². The highest BCUT2D eigenvalue weighted by atomic mass is 35.5. The topological polar surface area (TPSA) is 83.5 Å². The number of nitrogens with one attached hydrogen (secondary N) is 1. The number of benzene rings is 2. The zero-order valence-electron chi connectivity index (χ0n) is 14.3. The van der Waals surface area contributed by atoms with Crippen molar-refractivity contribution in [2.24, 2.45) is 5.92 Å². The zero-order valence-corrected chi connectivity index (χ0v) is 16.7. The Morgan fingerprint density at radius 3 is 2.26 bits per heavy atom. The second-order valence-electron chi connectivity index (χ2n) is 6.03. The average Bonchev–Trinajstić information content (AvgIpc) is 2.59. The zero-order chi connectivity index (χ0) is 20.2. The fraction of sp³-hybridized carbons (Fsp3) is 0.278. The van der Waals surface area contributed by atoms with E-state index in [0.29, 0.717) is 0 Å². The lowest BCUT2D eigenvalue weighted by Crippen LogP contribution is -2.35. The minimum Gasteiger partial charge on any atom is -0.386 e. The first-order valence-corrected chi connectivity index (χ1v) is 10.4. The first-order valence-electron chi connectivity index (χ1n) is 8.00. The number of carbonyl (C=O) groups excluding carboxylic acids is 1. The van der Waals surface area contributed by atoms with E-state index in [4.69, 9.17) is 23.2 Å². The molecule has 0 aliphatic carbocycles. The molecule has 0 bridgehead atoms. The summed E-state index contributed by atoms with van der Waals surface area (Å²) in [5.41, 5.74) is 0.285. The van der Waals surface area contributed by atoms with Crippen LogP contribution in [0.1, 0.15) is 18.6 Å². The van der Waals surface area contributed by atoms with Gasteiger partial charge < -0.3 is 10.4 Å². The van der Waals surface area contributed by atoms with E-state index in [1.165, 1.54) is 6.92 Å². The maximum absolute atomic E-state index is 12.9. The van der Waals surface area contributed by atoms with E-state index >= 15 is 0 Å². The molecule has 0 saturated heterocycles. The number of carbonyl (C=O) groups is 1. The number of hydrogen-bond acceptors (Lipinski definition) is 4. The summed E-state index contributed by atoms with van der Waals surface area (Å²) in [6.07, 6.45) is -1.14. The van der Waals surface area contributed by atoms with Gasteiger partial charge in [0, 0.05) is 28.1 Å². The van der Waals surface area contributed by atoms with Crippen molar-refractivity contribution >= 4 is 38.9 Å². The quantitative estimate of drug-likeness (QED) is 0.655. The normalized spacial score (nSPS) is 13.8. The number of amides is 1. The van der Waals surface area contributed by atoms with Crippen LogP contribution in [0.25, 0.3) is 0 Å². The molecule has 0 spiro atoms. The Morgan fingerprint density at radius 1 is 1.15 bits per heavy atom. The van der Waals surface area contributed by atoms with E-state index < -0.39 is 39.3 Å². The van der Waals surface area contributed by atoms with Crippen LogP contribution < -0.4 is 5.32 Å². The number of halogens is 3. The maximum atomic E-state index is 12.9. The molecule has 0 heterocycles. The predicted molar refractivity (Wildman–Crippen MR) is 102 cm³/mol. The lowest BCUT2D eigenvalue weighted by atomic mass is 10.1. The molecule has 0 unspecified atom stereocenters. The first-order chi connectivity index (χ1) is 12.6. The highest BCUT2D eigenvalue weighted by molar-refractivity contribution is 7.91. The molecule has 0 fully saturated rings. The molecule has 146 valence electrons. The fourth-order valence-corrected chi connectivity index (χ4v) is 4.65. The van der Waals surface area contributed by atoms with Gasteiger partial charge in [-0.2, -0.15) is 0 Å². The summed E-state index contributed by atoms with van der Waals surface area (Å²) in [4.78, 5) is 12.1. The van der Waals surface area contributed by atoms with Crippen molar-refractivity contribution < 1.29 is 22.7 Å². The molecule has 2 N–H and O–H groups in total. The van der Waals surface area contributed by atoms with Gasteiger partial charge >= 0.3 is 0 Å². The molecule has 0 aliphatic rings. The fourth-order valence-electron chi connectivity index (χ4n) is 2.45. The molecule has 0 aromatic heterocycles. The minimum absolute atomic E-state index is 0.0635. The predicted octanol–water partition coefficient (Wildman–Crippen LogP) is 3.39. The van der Waals surface area contributed by atoms with Crippen LogP contribution in [0.2, 0.25) is 10.0 Å². The lowest BCUT2D eigenvalue weighted by Gasteiger charge is -2.17. The largest absolute Gasteiger partial charge is 0.386 e. The molecule has 1 amide bonds. The third-order valence-corrected chi connectivity index (χ3v) is 6.48. The SMILES string of the molecule is C[C@H](CS(=O)(=O)c1ccc(F)cc1)C(=O)NC[C@H](O)c1c(Cl)cccc1Cl. The molecule has 2 aromatic rings. The summed E-state index contributed by atoms with van der Waals surface area (Å²) in [7, 11) is -3.76. The summed E-state index contributed by atoms with van der Waals surface area (Å²) in [5, 5.41) is 13.2. The number of aliphatic hydroxyl groups excluding tert-OH is 1. The Labute approximate surface area is 167 Å². The second kappa shape index (κ2) is 9.01. The molecule has 2 aromatic carbocycles. The Kier molecular flexibility index (Phi) is 7.22. The summed E-state index contributed by atoms with van der Waals surface area (Å²) < 4.78 is 37.6. The Balaban J connectivity index is 1.98. The van der Waals surface area contributed by atoms with E-state index in [1.807, 2.05) is 0 Å². The molecule has 0 saturated carbocycles. The molecule has 27 heavy (non-hydrogen) atoms. The van der Waals surface area contributed by atoms with Crippen LogP contribution >= 0.6 is 23.2 Å². The molecule has 2 atom stereocenters. The van der Waals surface area contributed by atoms with Crippen LogP contribution in [0.5, 0.6) is 0 Å². The highest BCUT2D eigenvalue weighted by Crippen LogP contribution is 2.29. The summed E-state index contributed by atoms with van der Waals surface area (Å²) in [6.45, 7) is 1.27. The first kappa shape index (κ1) is 21.6. The number of rotatable bonds is 7. The van der Waals surface area contributed by atoms with Gasteiger partial charge in [-0.15, -0.1) is 0 Å². The van der Waals surface area contributed by atoms with Crippen LogP contribution in [-0.4, -0.2) is 31.7 Å². The van der Waals surface area contributed by atoms with Gasteiger partial charge in [-0.3, -0.25) is 4.79 Å². The average molecular weight is 434 g/mol. The van der Waals surface area contributed by atoms with Crippen molar-refractivity contribution in [3.8, 4) is 0 Å². The number of hydrogen-bond donors (Lipinski definition) is 2. The van der Waals surface area contributed by atoms with Gasteiger partial charge in [0.05, 0.1) is 16.8 Å². The van der Waals surface area contributed by atoms with Crippen molar-refractivity contribution in [3.63, 3.8) is 0 Å². The van der Waals surface area contributed by atoms with Crippen molar-refractivity contribution in [2.75, 3.05) is 12.3 Å². The lowest BCUT2D eigenvalue weighted by molar-refractivity contribution is -0.124.